The van der Waals surface area contributed by atoms with Crippen molar-refractivity contribution in [3.8, 4) is 11.5 Å². The van der Waals surface area contributed by atoms with Gasteiger partial charge in [-0.1, -0.05) is 44.2 Å². The van der Waals surface area contributed by atoms with Gasteiger partial charge in [0, 0.05) is 12.6 Å². The predicted octanol–water partition coefficient (Wildman–Crippen LogP) is 3.45. The minimum atomic E-state index is -0.581. The summed E-state index contributed by atoms with van der Waals surface area (Å²) in [7, 11) is 0. The standard InChI is InChI=1S/C23H25NO5/c1-16(2)19-7-3-17(4-8-19)11-12-24-22(25)14-27-23(26)10-6-18-5-9-20-21(13-18)29-15-28-20/h3-10,13,16H,11-12,14-15H2,1-2H3,(H,24,25)/b10-6+. The molecule has 0 saturated heterocycles. The van der Waals surface area contributed by atoms with Crippen molar-refractivity contribution in [1.82, 2.24) is 5.32 Å². The molecule has 6 heteroatoms. The first-order chi connectivity index (χ1) is 14.0. The highest BCUT2D eigenvalue weighted by molar-refractivity contribution is 5.89. The van der Waals surface area contributed by atoms with E-state index in [1.807, 2.05) is 0 Å². The van der Waals surface area contributed by atoms with Crippen molar-refractivity contribution in [2.24, 2.45) is 0 Å². The second-order valence-corrected chi connectivity index (χ2v) is 7.05. The molecule has 1 N–H and O–H groups in total. The third-order valence-electron chi connectivity index (χ3n) is 4.54. The number of benzene rings is 2. The molecule has 6 nitrogen and oxygen atoms in total. The quantitative estimate of drug-likeness (QED) is 0.547. The number of fused-ring (bicyclic) bond motifs is 1. The Balaban J connectivity index is 1.36. The maximum atomic E-state index is 11.8. The average Bonchev–Trinajstić information content (AvgIpc) is 3.19. The molecule has 1 aliphatic rings. The number of nitrogens with one attached hydrogen (secondary N) is 1. The predicted molar refractivity (Wildman–Crippen MR) is 110 cm³/mol. The fraction of sp³-hybridized carbons (Fsp3) is 0.304. The highest BCUT2D eigenvalue weighted by Crippen LogP contribution is 2.32. The second-order valence-electron chi connectivity index (χ2n) is 7.05. The van der Waals surface area contributed by atoms with Crippen LogP contribution in [-0.2, 0) is 20.7 Å². The van der Waals surface area contributed by atoms with E-state index in [2.05, 4.69) is 43.4 Å². The topological polar surface area (TPSA) is 73.9 Å². The maximum Gasteiger partial charge on any atom is 0.331 e. The molecular weight excluding hydrogens is 370 g/mol. The van der Waals surface area contributed by atoms with Crippen molar-refractivity contribution in [2.75, 3.05) is 19.9 Å². The van der Waals surface area contributed by atoms with Crippen LogP contribution in [0.15, 0.2) is 48.5 Å². The van der Waals surface area contributed by atoms with E-state index in [1.54, 1.807) is 24.3 Å². The smallest absolute Gasteiger partial charge is 0.331 e. The zero-order valence-electron chi connectivity index (χ0n) is 16.6. The molecule has 152 valence electrons. The van der Waals surface area contributed by atoms with Gasteiger partial charge in [0.2, 0.25) is 6.79 Å². The van der Waals surface area contributed by atoms with E-state index in [9.17, 15) is 9.59 Å². The van der Waals surface area contributed by atoms with Crippen LogP contribution in [0.4, 0.5) is 0 Å². The molecule has 29 heavy (non-hydrogen) atoms. The third-order valence-corrected chi connectivity index (χ3v) is 4.54. The molecule has 0 unspecified atom stereocenters. The molecule has 2 aromatic rings. The van der Waals surface area contributed by atoms with Crippen molar-refractivity contribution in [3.63, 3.8) is 0 Å². The lowest BCUT2D eigenvalue weighted by Gasteiger charge is -2.08. The molecule has 1 aliphatic heterocycles. The van der Waals surface area contributed by atoms with E-state index >= 15 is 0 Å². The van der Waals surface area contributed by atoms with Gasteiger partial charge in [-0.15, -0.1) is 0 Å². The summed E-state index contributed by atoms with van der Waals surface area (Å²) in [5, 5.41) is 2.76. The summed E-state index contributed by atoms with van der Waals surface area (Å²) >= 11 is 0. The minimum Gasteiger partial charge on any atom is -0.454 e. The zero-order valence-corrected chi connectivity index (χ0v) is 16.6. The first-order valence-electron chi connectivity index (χ1n) is 9.61. The van der Waals surface area contributed by atoms with Gasteiger partial charge < -0.3 is 19.5 Å². The van der Waals surface area contributed by atoms with Crippen LogP contribution in [0.1, 0.15) is 36.5 Å². The number of amides is 1. The van der Waals surface area contributed by atoms with E-state index in [0.29, 0.717) is 24.0 Å². The number of hydrogen-bond acceptors (Lipinski definition) is 5. The van der Waals surface area contributed by atoms with E-state index in [-0.39, 0.29) is 19.3 Å². The van der Waals surface area contributed by atoms with Crippen LogP contribution in [0, 0.1) is 0 Å². The number of rotatable bonds is 8. The van der Waals surface area contributed by atoms with Crippen LogP contribution in [0.25, 0.3) is 6.08 Å². The highest BCUT2D eigenvalue weighted by atomic mass is 16.7. The summed E-state index contributed by atoms with van der Waals surface area (Å²) in [6.07, 6.45) is 3.60. The Morgan fingerprint density at radius 1 is 1.10 bits per heavy atom. The Morgan fingerprint density at radius 3 is 2.62 bits per heavy atom. The van der Waals surface area contributed by atoms with Gasteiger partial charge in [0.25, 0.3) is 5.91 Å². The maximum absolute atomic E-state index is 11.8. The summed E-state index contributed by atoms with van der Waals surface area (Å²) in [6.45, 7) is 4.69. The van der Waals surface area contributed by atoms with Crippen molar-refractivity contribution in [3.05, 3.63) is 65.2 Å². The van der Waals surface area contributed by atoms with E-state index in [0.717, 1.165) is 17.5 Å². The molecule has 0 atom stereocenters. The second kappa shape index (κ2) is 9.78. The fourth-order valence-electron chi connectivity index (χ4n) is 2.83. The largest absolute Gasteiger partial charge is 0.454 e. The number of esters is 1. The lowest BCUT2D eigenvalue weighted by Crippen LogP contribution is -2.30. The third kappa shape index (κ3) is 6.10. The van der Waals surface area contributed by atoms with Crippen LogP contribution >= 0.6 is 0 Å². The van der Waals surface area contributed by atoms with Crippen molar-refractivity contribution in [2.45, 2.75) is 26.2 Å². The zero-order chi connectivity index (χ0) is 20.6. The number of ether oxygens (including phenoxy) is 3. The van der Waals surface area contributed by atoms with Gasteiger partial charge in [0.1, 0.15) is 0 Å². The first kappa shape index (κ1) is 20.5. The number of carbonyl (C=O) groups excluding carboxylic acids is 2. The first-order valence-corrected chi connectivity index (χ1v) is 9.61. The van der Waals surface area contributed by atoms with Gasteiger partial charge in [-0.25, -0.2) is 4.79 Å². The van der Waals surface area contributed by atoms with Crippen LogP contribution in [0.5, 0.6) is 11.5 Å². The molecule has 0 fully saturated rings. The Kier molecular flexibility index (Phi) is 6.89. The fourth-order valence-corrected chi connectivity index (χ4v) is 2.83. The van der Waals surface area contributed by atoms with Crippen LogP contribution in [0.2, 0.25) is 0 Å². The number of hydrogen-bond donors (Lipinski definition) is 1. The summed E-state index contributed by atoms with van der Waals surface area (Å²) in [5.74, 6) is 0.907. The van der Waals surface area contributed by atoms with E-state index in [4.69, 9.17) is 14.2 Å². The van der Waals surface area contributed by atoms with Crippen molar-refractivity contribution >= 4 is 18.0 Å². The van der Waals surface area contributed by atoms with Crippen molar-refractivity contribution < 1.29 is 23.8 Å². The summed E-state index contributed by atoms with van der Waals surface area (Å²) in [6, 6.07) is 13.7. The lowest BCUT2D eigenvalue weighted by atomic mass is 10.0. The van der Waals surface area contributed by atoms with E-state index in [1.165, 1.54) is 11.6 Å². The SMILES string of the molecule is CC(C)c1ccc(CCNC(=O)COC(=O)/C=C/c2ccc3c(c2)OCO3)cc1. The molecule has 0 bridgehead atoms. The summed E-state index contributed by atoms with van der Waals surface area (Å²) in [5.41, 5.74) is 3.22. The van der Waals surface area contributed by atoms with Gasteiger partial charge in [-0.05, 0) is 47.2 Å². The van der Waals surface area contributed by atoms with Crippen LogP contribution in [-0.4, -0.2) is 31.8 Å². The molecule has 3 rings (SSSR count). The molecule has 0 saturated carbocycles. The van der Waals surface area contributed by atoms with Gasteiger partial charge in [-0.2, -0.15) is 0 Å². The Morgan fingerprint density at radius 2 is 1.86 bits per heavy atom. The lowest BCUT2D eigenvalue weighted by molar-refractivity contribution is -0.143. The summed E-state index contributed by atoms with van der Waals surface area (Å²) in [4.78, 5) is 23.6. The number of carbonyl (C=O) groups is 2. The monoisotopic (exact) mass is 395 g/mol. The highest BCUT2D eigenvalue weighted by Gasteiger charge is 2.12. The molecule has 2 aromatic carbocycles. The van der Waals surface area contributed by atoms with E-state index < -0.39 is 5.97 Å². The van der Waals surface area contributed by atoms with Gasteiger partial charge in [0.05, 0.1) is 0 Å². The molecule has 0 spiro atoms. The van der Waals surface area contributed by atoms with Crippen LogP contribution in [0.3, 0.4) is 0 Å². The minimum absolute atomic E-state index is 0.197. The molecule has 0 aromatic heterocycles. The Bertz CT molecular complexity index is 887. The van der Waals surface area contributed by atoms with Gasteiger partial charge in [-0.3, -0.25) is 4.79 Å². The molecular formula is C23H25NO5. The normalized spacial score (nSPS) is 12.4. The molecule has 1 heterocycles. The Labute approximate surface area is 170 Å². The molecule has 0 aliphatic carbocycles. The molecule has 1 amide bonds. The Hall–Kier alpha value is -3.28. The van der Waals surface area contributed by atoms with Crippen LogP contribution < -0.4 is 14.8 Å². The average molecular weight is 395 g/mol. The van der Waals surface area contributed by atoms with Gasteiger partial charge in [0.15, 0.2) is 18.1 Å². The summed E-state index contributed by atoms with van der Waals surface area (Å²) < 4.78 is 15.5. The molecule has 0 radical (unpaired) electrons. The van der Waals surface area contributed by atoms with Crippen molar-refractivity contribution in [1.29, 1.82) is 0 Å². The van der Waals surface area contributed by atoms with Gasteiger partial charge >= 0.3 is 5.97 Å².